The van der Waals surface area contributed by atoms with E-state index in [-0.39, 0.29) is 0 Å². The zero-order chi connectivity index (χ0) is 11.5. The third-order valence-electron chi connectivity index (χ3n) is 2.34. The second-order valence-electron chi connectivity index (χ2n) is 4.32. The zero-order valence-electron chi connectivity index (χ0n) is 9.74. The number of nitrogens with one attached hydrogen (secondary N) is 1. The SMILES string of the molecule is CCC(C)(O)CNc1nc(C(C)C)ns1. The van der Waals surface area contributed by atoms with Gasteiger partial charge in [0, 0.05) is 24.0 Å². The van der Waals surface area contributed by atoms with Crippen molar-refractivity contribution in [3.63, 3.8) is 0 Å². The zero-order valence-corrected chi connectivity index (χ0v) is 10.6. The lowest BCUT2D eigenvalue weighted by molar-refractivity contribution is 0.0697. The molecular weight excluding hydrogens is 210 g/mol. The van der Waals surface area contributed by atoms with Crippen LogP contribution in [0.25, 0.3) is 0 Å². The average molecular weight is 229 g/mol. The number of aliphatic hydroxyl groups is 1. The van der Waals surface area contributed by atoms with Crippen molar-refractivity contribution >= 4 is 16.7 Å². The molecule has 4 nitrogen and oxygen atoms in total. The fourth-order valence-electron chi connectivity index (χ4n) is 0.932. The van der Waals surface area contributed by atoms with E-state index in [1.54, 1.807) is 0 Å². The highest BCUT2D eigenvalue weighted by Gasteiger charge is 2.18. The van der Waals surface area contributed by atoms with Crippen molar-refractivity contribution in [1.29, 1.82) is 0 Å². The molecule has 5 heteroatoms. The van der Waals surface area contributed by atoms with Gasteiger partial charge in [0.25, 0.3) is 0 Å². The molecule has 0 aliphatic rings. The van der Waals surface area contributed by atoms with Crippen molar-refractivity contribution in [3.05, 3.63) is 5.82 Å². The molecule has 0 fully saturated rings. The number of rotatable bonds is 5. The molecule has 0 saturated carbocycles. The summed E-state index contributed by atoms with van der Waals surface area (Å²) in [5, 5.41) is 13.7. The second-order valence-corrected chi connectivity index (χ2v) is 5.07. The Morgan fingerprint density at radius 3 is 2.67 bits per heavy atom. The summed E-state index contributed by atoms with van der Waals surface area (Å²) in [6.07, 6.45) is 0.718. The van der Waals surface area contributed by atoms with Gasteiger partial charge in [-0.1, -0.05) is 20.8 Å². The van der Waals surface area contributed by atoms with E-state index in [1.807, 2.05) is 13.8 Å². The molecule has 1 rings (SSSR count). The maximum Gasteiger partial charge on any atom is 0.202 e. The number of aromatic nitrogens is 2. The van der Waals surface area contributed by atoms with E-state index in [0.717, 1.165) is 17.4 Å². The van der Waals surface area contributed by atoms with E-state index in [4.69, 9.17) is 0 Å². The first kappa shape index (κ1) is 12.4. The minimum absolute atomic E-state index is 0.350. The van der Waals surface area contributed by atoms with Crippen LogP contribution in [-0.4, -0.2) is 26.6 Å². The number of anilines is 1. The van der Waals surface area contributed by atoms with Crippen molar-refractivity contribution in [1.82, 2.24) is 9.36 Å². The van der Waals surface area contributed by atoms with Crippen LogP contribution in [0, 0.1) is 0 Å². The van der Waals surface area contributed by atoms with E-state index in [1.165, 1.54) is 11.5 Å². The number of nitrogens with zero attached hydrogens (tertiary/aromatic N) is 2. The van der Waals surface area contributed by atoms with Crippen LogP contribution in [0.1, 0.15) is 45.9 Å². The Morgan fingerprint density at radius 1 is 1.53 bits per heavy atom. The van der Waals surface area contributed by atoms with E-state index in [0.29, 0.717) is 12.5 Å². The van der Waals surface area contributed by atoms with Crippen molar-refractivity contribution in [2.45, 2.75) is 45.6 Å². The van der Waals surface area contributed by atoms with Crippen LogP contribution in [-0.2, 0) is 0 Å². The summed E-state index contributed by atoms with van der Waals surface area (Å²) in [5.74, 6) is 1.21. The predicted molar refractivity (Wildman–Crippen MR) is 63.4 cm³/mol. The first-order valence-electron chi connectivity index (χ1n) is 5.24. The van der Waals surface area contributed by atoms with Gasteiger partial charge in [0.1, 0.15) is 5.82 Å². The predicted octanol–water partition coefficient (Wildman–Crippen LogP) is 2.23. The summed E-state index contributed by atoms with van der Waals surface area (Å²) < 4.78 is 4.23. The Hall–Kier alpha value is -0.680. The molecule has 15 heavy (non-hydrogen) atoms. The first-order chi connectivity index (χ1) is 6.94. The second kappa shape index (κ2) is 4.90. The molecule has 0 bridgehead atoms. The molecule has 1 heterocycles. The normalized spacial score (nSPS) is 15.3. The Bertz CT molecular complexity index is 309. The van der Waals surface area contributed by atoms with Gasteiger partial charge in [-0.15, -0.1) is 0 Å². The van der Waals surface area contributed by atoms with Crippen molar-refractivity contribution < 1.29 is 5.11 Å². The Morgan fingerprint density at radius 2 is 2.20 bits per heavy atom. The van der Waals surface area contributed by atoms with Gasteiger partial charge in [0.05, 0.1) is 5.60 Å². The molecule has 0 saturated heterocycles. The van der Waals surface area contributed by atoms with Gasteiger partial charge in [-0.3, -0.25) is 0 Å². The van der Waals surface area contributed by atoms with E-state index < -0.39 is 5.60 Å². The van der Waals surface area contributed by atoms with Crippen molar-refractivity contribution in [2.24, 2.45) is 0 Å². The van der Waals surface area contributed by atoms with E-state index in [9.17, 15) is 5.11 Å². The molecule has 0 aliphatic heterocycles. The molecule has 0 amide bonds. The Balaban J connectivity index is 2.51. The number of hydrogen-bond donors (Lipinski definition) is 2. The molecule has 1 unspecified atom stereocenters. The Labute approximate surface area is 94.9 Å². The largest absolute Gasteiger partial charge is 0.388 e. The lowest BCUT2D eigenvalue weighted by atomic mass is 10.0. The summed E-state index contributed by atoms with van der Waals surface area (Å²) in [4.78, 5) is 4.33. The number of hydrogen-bond acceptors (Lipinski definition) is 5. The van der Waals surface area contributed by atoms with Gasteiger partial charge in [-0.05, 0) is 13.3 Å². The minimum Gasteiger partial charge on any atom is -0.388 e. The maximum atomic E-state index is 9.79. The minimum atomic E-state index is -0.677. The molecule has 2 N–H and O–H groups in total. The smallest absolute Gasteiger partial charge is 0.202 e. The van der Waals surface area contributed by atoms with Gasteiger partial charge in [0.2, 0.25) is 5.13 Å². The maximum absolute atomic E-state index is 9.79. The molecule has 0 radical (unpaired) electrons. The van der Waals surface area contributed by atoms with E-state index >= 15 is 0 Å². The summed E-state index contributed by atoms with van der Waals surface area (Å²) in [6, 6.07) is 0. The van der Waals surface area contributed by atoms with Crippen LogP contribution in [0.5, 0.6) is 0 Å². The van der Waals surface area contributed by atoms with Crippen molar-refractivity contribution in [2.75, 3.05) is 11.9 Å². The third kappa shape index (κ3) is 3.76. The summed E-state index contributed by atoms with van der Waals surface area (Å²) in [5.41, 5.74) is -0.677. The molecule has 1 aromatic heterocycles. The average Bonchev–Trinajstić information content (AvgIpc) is 2.63. The van der Waals surface area contributed by atoms with E-state index in [2.05, 4.69) is 28.5 Å². The molecule has 1 aromatic rings. The lowest BCUT2D eigenvalue weighted by Crippen LogP contribution is -2.32. The van der Waals surface area contributed by atoms with Crippen LogP contribution in [0.3, 0.4) is 0 Å². The Kier molecular flexibility index (Phi) is 4.04. The molecular formula is C10H19N3OS. The standard InChI is InChI=1S/C10H19N3OS/c1-5-10(4,14)6-11-9-12-8(7(2)3)13-15-9/h7,14H,5-6H2,1-4H3,(H,11,12,13). The lowest BCUT2D eigenvalue weighted by Gasteiger charge is -2.20. The van der Waals surface area contributed by atoms with Crippen molar-refractivity contribution in [3.8, 4) is 0 Å². The van der Waals surface area contributed by atoms with Gasteiger partial charge in [0.15, 0.2) is 0 Å². The topological polar surface area (TPSA) is 58.0 Å². The summed E-state index contributed by atoms with van der Waals surface area (Å²) in [6.45, 7) is 8.41. The first-order valence-corrected chi connectivity index (χ1v) is 6.02. The molecule has 86 valence electrons. The molecule has 0 aromatic carbocycles. The fraction of sp³-hybridized carbons (Fsp3) is 0.800. The van der Waals surface area contributed by atoms with Crippen LogP contribution in [0.15, 0.2) is 0 Å². The highest BCUT2D eigenvalue weighted by Crippen LogP contribution is 2.18. The third-order valence-corrected chi connectivity index (χ3v) is 3.03. The molecule has 1 atom stereocenters. The van der Waals surface area contributed by atoms with Gasteiger partial charge < -0.3 is 10.4 Å². The molecule has 0 aliphatic carbocycles. The highest BCUT2D eigenvalue weighted by atomic mass is 32.1. The monoisotopic (exact) mass is 229 g/mol. The van der Waals surface area contributed by atoms with Gasteiger partial charge in [-0.25, -0.2) is 4.98 Å². The van der Waals surface area contributed by atoms with Crippen LogP contribution < -0.4 is 5.32 Å². The van der Waals surface area contributed by atoms with Crippen LogP contribution in [0.4, 0.5) is 5.13 Å². The summed E-state index contributed by atoms with van der Waals surface area (Å²) in [7, 11) is 0. The molecule has 0 spiro atoms. The van der Waals surface area contributed by atoms with Gasteiger partial charge >= 0.3 is 0 Å². The van der Waals surface area contributed by atoms with Gasteiger partial charge in [-0.2, -0.15) is 4.37 Å². The van der Waals surface area contributed by atoms with Crippen LogP contribution >= 0.6 is 11.5 Å². The quantitative estimate of drug-likeness (QED) is 0.813. The fourth-order valence-corrected chi connectivity index (χ4v) is 1.63. The highest BCUT2D eigenvalue weighted by molar-refractivity contribution is 7.09. The summed E-state index contributed by atoms with van der Waals surface area (Å²) >= 11 is 1.35. The van der Waals surface area contributed by atoms with Crippen LogP contribution in [0.2, 0.25) is 0 Å².